The van der Waals surface area contributed by atoms with E-state index in [1.807, 2.05) is 47.0 Å². The molecule has 0 spiro atoms. The Hall–Kier alpha value is -2.64. The Morgan fingerprint density at radius 3 is 2.62 bits per heavy atom. The average Bonchev–Trinajstić information content (AvgIpc) is 2.86. The molecule has 0 saturated heterocycles. The molecule has 1 aromatic heterocycles. The van der Waals surface area contributed by atoms with Crippen molar-refractivity contribution >= 4 is 27.5 Å². The number of carbonyl (C=O) groups excluding carboxylic acids is 1. The van der Waals surface area contributed by atoms with Gasteiger partial charge in [-0.25, -0.2) is 0 Å². The molecule has 0 N–H and O–H groups in total. The van der Waals surface area contributed by atoms with Gasteiger partial charge in [0.2, 0.25) is 0 Å². The minimum atomic E-state index is -0.257. The predicted octanol–water partition coefficient (Wildman–Crippen LogP) is 3.08. The van der Waals surface area contributed by atoms with E-state index in [1.165, 1.54) is 11.3 Å². The molecule has 21 heavy (non-hydrogen) atoms. The van der Waals surface area contributed by atoms with Crippen LogP contribution in [0.4, 0.5) is 0 Å². The summed E-state index contributed by atoms with van der Waals surface area (Å²) in [7, 11) is 0. The third kappa shape index (κ3) is 2.64. The van der Waals surface area contributed by atoms with Crippen LogP contribution in [0.25, 0.3) is 10.2 Å². The lowest BCUT2D eigenvalue weighted by Crippen LogP contribution is -2.16. The lowest BCUT2D eigenvalue weighted by atomic mass is 10.2. The Kier molecular flexibility index (Phi) is 3.67. The number of aromatic nitrogens is 1. The number of rotatable bonds is 2. The van der Waals surface area contributed by atoms with Crippen molar-refractivity contribution < 1.29 is 4.79 Å². The minimum Gasteiger partial charge on any atom is -0.305 e. The summed E-state index contributed by atoms with van der Waals surface area (Å²) >= 11 is 1.47. The van der Waals surface area contributed by atoms with Gasteiger partial charge in [-0.05, 0) is 24.3 Å². The number of benzene rings is 2. The molecule has 0 unspecified atom stereocenters. The molecule has 1 heterocycles. The van der Waals surface area contributed by atoms with Gasteiger partial charge in [0, 0.05) is 5.56 Å². The van der Waals surface area contributed by atoms with Crippen LogP contribution in [0.3, 0.4) is 0 Å². The fourth-order valence-corrected chi connectivity index (χ4v) is 3.11. The van der Waals surface area contributed by atoms with Gasteiger partial charge in [0.1, 0.15) is 0 Å². The summed E-state index contributed by atoms with van der Waals surface area (Å²) < 4.78 is 2.95. The van der Waals surface area contributed by atoms with Crippen molar-refractivity contribution in [2.75, 3.05) is 0 Å². The predicted molar refractivity (Wildman–Crippen MR) is 85.0 cm³/mol. The number of amides is 1. The van der Waals surface area contributed by atoms with E-state index in [0.717, 1.165) is 10.2 Å². The first-order valence-electron chi connectivity index (χ1n) is 6.45. The van der Waals surface area contributed by atoms with Gasteiger partial charge < -0.3 is 4.57 Å². The van der Waals surface area contributed by atoms with Crippen LogP contribution in [0.15, 0.2) is 59.6 Å². The summed E-state index contributed by atoms with van der Waals surface area (Å²) in [6.07, 6.45) is 5.43. The van der Waals surface area contributed by atoms with E-state index in [2.05, 4.69) is 10.9 Å². The van der Waals surface area contributed by atoms with Gasteiger partial charge in [0.15, 0.2) is 4.80 Å². The van der Waals surface area contributed by atoms with E-state index in [9.17, 15) is 4.79 Å². The minimum absolute atomic E-state index is 0.257. The molecule has 3 nitrogen and oxygen atoms in total. The van der Waals surface area contributed by atoms with Gasteiger partial charge >= 0.3 is 0 Å². The van der Waals surface area contributed by atoms with Crippen LogP contribution in [0.2, 0.25) is 0 Å². The SMILES string of the molecule is C#CCn1c(=NC(=O)c2ccccc2)sc2ccccc21. The molecule has 0 aliphatic rings. The molecule has 102 valence electrons. The zero-order chi connectivity index (χ0) is 14.7. The highest BCUT2D eigenvalue weighted by Gasteiger charge is 2.07. The molecule has 0 saturated carbocycles. The zero-order valence-electron chi connectivity index (χ0n) is 11.2. The quantitative estimate of drug-likeness (QED) is 0.668. The average molecular weight is 292 g/mol. The van der Waals surface area contributed by atoms with Gasteiger partial charge in [0.05, 0.1) is 16.8 Å². The van der Waals surface area contributed by atoms with Crippen LogP contribution in [0.5, 0.6) is 0 Å². The number of hydrogen-bond acceptors (Lipinski definition) is 2. The summed E-state index contributed by atoms with van der Waals surface area (Å²) in [5, 5.41) is 0. The smallest absolute Gasteiger partial charge is 0.279 e. The molecule has 2 aromatic carbocycles. The van der Waals surface area contributed by atoms with Crippen LogP contribution in [0, 0.1) is 12.3 Å². The molecule has 3 aromatic rings. The fourth-order valence-electron chi connectivity index (χ4n) is 2.08. The highest BCUT2D eigenvalue weighted by atomic mass is 32.1. The number of hydrogen-bond donors (Lipinski definition) is 0. The van der Waals surface area contributed by atoms with E-state index >= 15 is 0 Å². The highest BCUT2D eigenvalue weighted by Crippen LogP contribution is 2.16. The summed E-state index contributed by atoms with van der Waals surface area (Å²) in [6, 6.07) is 16.9. The number of fused-ring (bicyclic) bond motifs is 1. The summed E-state index contributed by atoms with van der Waals surface area (Å²) in [5.41, 5.74) is 1.57. The van der Waals surface area contributed by atoms with Gasteiger partial charge in [-0.1, -0.05) is 47.6 Å². The molecule has 0 bridgehead atoms. The number of thiazole rings is 1. The van der Waals surface area contributed by atoms with E-state index in [0.29, 0.717) is 16.9 Å². The maximum atomic E-state index is 12.2. The summed E-state index contributed by atoms with van der Waals surface area (Å²) in [5.74, 6) is 2.36. The van der Waals surface area contributed by atoms with E-state index in [-0.39, 0.29) is 5.91 Å². The first-order chi connectivity index (χ1) is 10.3. The Morgan fingerprint density at radius 1 is 1.14 bits per heavy atom. The molecule has 0 aliphatic heterocycles. The second kappa shape index (κ2) is 5.78. The van der Waals surface area contributed by atoms with Crippen LogP contribution in [-0.2, 0) is 6.54 Å². The molecule has 4 heteroatoms. The van der Waals surface area contributed by atoms with Crippen LogP contribution >= 0.6 is 11.3 Å². The normalized spacial score (nSPS) is 11.5. The van der Waals surface area contributed by atoms with Crippen LogP contribution in [0.1, 0.15) is 10.4 Å². The fraction of sp³-hybridized carbons (Fsp3) is 0.0588. The molecular formula is C17H12N2OS. The highest BCUT2D eigenvalue weighted by molar-refractivity contribution is 7.16. The van der Waals surface area contributed by atoms with Crippen molar-refractivity contribution in [1.29, 1.82) is 0 Å². The van der Waals surface area contributed by atoms with E-state index in [4.69, 9.17) is 6.42 Å². The van der Waals surface area contributed by atoms with Crippen molar-refractivity contribution in [1.82, 2.24) is 4.57 Å². The Balaban J connectivity index is 2.16. The monoisotopic (exact) mass is 292 g/mol. The van der Waals surface area contributed by atoms with Gasteiger partial charge in [-0.2, -0.15) is 4.99 Å². The largest absolute Gasteiger partial charge is 0.305 e. The Labute approximate surface area is 126 Å². The third-order valence-electron chi connectivity index (χ3n) is 3.06. The first-order valence-corrected chi connectivity index (χ1v) is 7.27. The number of para-hydroxylation sites is 1. The van der Waals surface area contributed by atoms with E-state index in [1.54, 1.807) is 12.1 Å². The van der Waals surface area contributed by atoms with Crippen LogP contribution in [-0.4, -0.2) is 10.5 Å². The lowest BCUT2D eigenvalue weighted by molar-refractivity contribution is 0.0998. The molecule has 0 aliphatic carbocycles. The zero-order valence-corrected chi connectivity index (χ0v) is 12.0. The molecule has 0 radical (unpaired) electrons. The maximum absolute atomic E-state index is 12.2. The standard InChI is InChI=1S/C17H12N2OS/c1-2-12-19-14-10-6-7-11-15(14)21-17(19)18-16(20)13-8-4-3-5-9-13/h1,3-11H,12H2. The van der Waals surface area contributed by atoms with Gasteiger partial charge in [0.25, 0.3) is 5.91 Å². The van der Waals surface area contributed by atoms with Crippen molar-refractivity contribution in [3.05, 3.63) is 65.0 Å². The summed E-state index contributed by atoms with van der Waals surface area (Å²) in [6.45, 7) is 0.394. The number of nitrogens with zero attached hydrogens (tertiary/aromatic N) is 2. The second-order valence-corrected chi connectivity index (χ2v) is 5.43. The first kappa shape index (κ1) is 13.3. The molecule has 0 fully saturated rings. The van der Waals surface area contributed by atoms with E-state index < -0.39 is 0 Å². The van der Waals surface area contributed by atoms with Crippen molar-refractivity contribution in [3.63, 3.8) is 0 Å². The summed E-state index contributed by atoms with van der Waals surface area (Å²) in [4.78, 5) is 17.1. The van der Waals surface area contributed by atoms with Gasteiger partial charge in [-0.3, -0.25) is 4.79 Å². The third-order valence-corrected chi connectivity index (χ3v) is 4.11. The van der Waals surface area contributed by atoms with Crippen molar-refractivity contribution in [2.45, 2.75) is 6.54 Å². The Morgan fingerprint density at radius 2 is 1.86 bits per heavy atom. The van der Waals surface area contributed by atoms with Crippen molar-refractivity contribution in [3.8, 4) is 12.3 Å². The number of carbonyl (C=O) groups is 1. The maximum Gasteiger partial charge on any atom is 0.279 e. The topological polar surface area (TPSA) is 34.4 Å². The molecule has 3 rings (SSSR count). The molecular weight excluding hydrogens is 280 g/mol. The Bertz CT molecular complexity index is 898. The molecule has 1 amide bonds. The molecule has 0 atom stereocenters. The van der Waals surface area contributed by atoms with Gasteiger partial charge in [-0.15, -0.1) is 6.42 Å². The van der Waals surface area contributed by atoms with Crippen molar-refractivity contribution in [2.24, 2.45) is 4.99 Å². The number of terminal acetylenes is 1. The lowest BCUT2D eigenvalue weighted by Gasteiger charge is -1.99. The second-order valence-electron chi connectivity index (χ2n) is 4.43. The van der Waals surface area contributed by atoms with Crippen LogP contribution < -0.4 is 4.80 Å².